The zero-order chi connectivity index (χ0) is 14.5. The molecule has 0 unspecified atom stereocenters. The lowest BCUT2D eigenvalue weighted by molar-refractivity contribution is 0.101. The summed E-state index contributed by atoms with van der Waals surface area (Å²) >= 11 is 0. The van der Waals surface area contributed by atoms with Crippen LogP contribution in [0.5, 0.6) is 0 Å². The van der Waals surface area contributed by atoms with E-state index in [-0.39, 0.29) is 12.3 Å². The molecule has 0 saturated carbocycles. The Hall–Kier alpha value is -2.60. The molecule has 2 aromatic rings. The molecule has 0 spiro atoms. The van der Waals surface area contributed by atoms with Gasteiger partial charge in [0.05, 0.1) is 18.2 Å². The lowest BCUT2D eigenvalue weighted by atomic mass is 10.0. The monoisotopic (exact) mass is 264 g/mol. The van der Waals surface area contributed by atoms with Crippen LogP contribution in [0.1, 0.15) is 27.0 Å². The molecule has 2 aromatic carbocycles. The van der Waals surface area contributed by atoms with Crippen molar-refractivity contribution in [1.29, 1.82) is 5.26 Å². The first-order valence-corrected chi connectivity index (χ1v) is 6.44. The highest BCUT2D eigenvalue weighted by molar-refractivity contribution is 6.00. The number of benzene rings is 2. The van der Waals surface area contributed by atoms with Crippen LogP contribution in [0, 0.1) is 25.2 Å². The van der Waals surface area contributed by atoms with Gasteiger partial charge in [0.2, 0.25) is 0 Å². The average molecular weight is 264 g/mol. The van der Waals surface area contributed by atoms with Gasteiger partial charge in [-0.05, 0) is 49.7 Å². The van der Waals surface area contributed by atoms with Crippen LogP contribution in [0.25, 0.3) is 0 Å². The lowest BCUT2D eigenvalue weighted by Crippen LogP contribution is -2.15. The molecule has 0 atom stereocenters. The Labute approximate surface area is 118 Å². The first-order chi connectivity index (χ1) is 9.60. The quantitative estimate of drug-likeness (QED) is 0.860. The molecular weight excluding hydrogens is 248 g/mol. The fraction of sp³-hybridized carbons (Fsp3) is 0.176. The van der Waals surface area contributed by atoms with Crippen LogP contribution in [0.2, 0.25) is 0 Å². The van der Waals surface area contributed by atoms with Gasteiger partial charge < -0.3 is 5.32 Å². The normalized spacial score (nSPS) is 9.85. The van der Waals surface area contributed by atoms with E-state index in [2.05, 4.69) is 11.4 Å². The fourth-order valence-corrected chi connectivity index (χ4v) is 1.98. The highest BCUT2D eigenvalue weighted by Gasteiger charge is 2.09. The summed E-state index contributed by atoms with van der Waals surface area (Å²) in [7, 11) is 0. The molecule has 0 aliphatic carbocycles. The van der Waals surface area contributed by atoms with Gasteiger partial charge in [-0.1, -0.05) is 17.7 Å². The molecule has 0 heterocycles. The Morgan fingerprint density at radius 2 is 1.85 bits per heavy atom. The Bertz CT molecular complexity index is 666. The summed E-state index contributed by atoms with van der Waals surface area (Å²) in [5.41, 5.74) is 4.27. The van der Waals surface area contributed by atoms with Crippen molar-refractivity contribution in [2.75, 3.05) is 11.9 Å². The smallest absolute Gasteiger partial charge is 0.182 e. The molecule has 2 rings (SSSR count). The largest absolute Gasteiger partial charge is 0.378 e. The highest BCUT2D eigenvalue weighted by Crippen LogP contribution is 2.13. The van der Waals surface area contributed by atoms with Crippen LogP contribution in [0.3, 0.4) is 0 Å². The maximum Gasteiger partial charge on any atom is 0.182 e. The van der Waals surface area contributed by atoms with E-state index in [9.17, 15) is 4.79 Å². The molecule has 0 bridgehead atoms. The van der Waals surface area contributed by atoms with E-state index in [0.717, 1.165) is 22.4 Å². The maximum absolute atomic E-state index is 12.2. The summed E-state index contributed by atoms with van der Waals surface area (Å²) in [6.07, 6.45) is 0. The van der Waals surface area contributed by atoms with Gasteiger partial charge in [0.15, 0.2) is 5.78 Å². The van der Waals surface area contributed by atoms with E-state index in [0.29, 0.717) is 5.56 Å². The van der Waals surface area contributed by atoms with Gasteiger partial charge >= 0.3 is 0 Å². The number of nitrogens with zero attached hydrogens (tertiary/aromatic N) is 1. The van der Waals surface area contributed by atoms with Crippen LogP contribution >= 0.6 is 0 Å². The zero-order valence-corrected chi connectivity index (χ0v) is 11.6. The van der Waals surface area contributed by atoms with Crippen molar-refractivity contribution in [2.24, 2.45) is 0 Å². The first-order valence-electron chi connectivity index (χ1n) is 6.44. The number of carbonyl (C=O) groups excluding carboxylic acids is 1. The topological polar surface area (TPSA) is 52.9 Å². The number of ketones is 1. The predicted octanol–water partition coefficient (Wildman–Crippen LogP) is 3.47. The second kappa shape index (κ2) is 6.03. The second-order valence-electron chi connectivity index (χ2n) is 4.78. The van der Waals surface area contributed by atoms with E-state index >= 15 is 0 Å². The van der Waals surface area contributed by atoms with Gasteiger partial charge in [-0.3, -0.25) is 4.79 Å². The summed E-state index contributed by atoms with van der Waals surface area (Å²) in [4.78, 5) is 12.2. The zero-order valence-electron chi connectivity index (χ0n) is 11.6. The van der Waals surface area contributed by atoms with Crippen molar-refractivity contribution < 1.29 is 4.79 Å². The number of anilines is 1. The van der Waals surface area contributed by atoms with Crippen molar-refractivity contribution in [3.05, 3.63) is 64.7 Å². The number of hydrogen-bond donors (Lipinski definition) is 1. The van der Waals surface area contributed by atoms with E-state index in [1.54, 1.807) is 24.3 Å². The number of nitrogens with one attached hydrogen (secondary N) is 1. The minimum absolute atomic E-state index is 0.0653. The van der Waals surface area contributed by atoms with Crippen LogP contribution < -0.4 is 5.32 Å². The molecule has 0 fully saturated rings. The van der Waals surface area contributed by atoms with Gasteiger partial charge in [-0.2, -0.15) is 5.26 Å². The number of carbonyl (C=O) groups is 1. The Balaban J connectivity index is 2.04. The van der Waals surface area contributed by atoms with Crippen molar-refractivity contribution in [3.63, 3.8) is 0 Å². The molecule has 3 heteroatoms. The molecule has 100 valence electrons. The average Bonchev–Trinajstić information content (AvgIpc) is 2.47. The predicted molar refractivity (Wildman–Crippen MR) is 79.9 cm³/mol. The van der Waals surface area contributed by atoms with Crippen LogP contribution in [-0.4, -0.2) is 12.3 Å². The molecule has 0 amide bonds. The maximum atomic E-state index is 12.2. The Kier molecular flexibility index (Phi) is 4.17. The molecular formula is C17H16N2O. The lowest BCUT2D eigenvalue weighted by Gasteiger charge is -2.08. The third kappa shape index (κ3) is 3.24. The summed E-state index contributed by atoms with van der Waals surface area (Å²) in [6, 6.07) is 15.0. The molecule has 0 saturated heterocycles. The van der Waals surface area contributed by atoms with Gasteiger partial charge in [0.25, 0.3) is 0 Å². The number of nitriles is 1. The molecule has 1 N–H and O–H groups in total. The van der Waals surface area contributed by atoms with Crippen LogP contribution in [0.4, 0.5) is 5.69 Å². The number of aryl methyl sites for hydroxylation is 2. The number of rotatable bonds is 4. The third-order valence-electron chi connectivity index (χ3n) is 3.16. The first kappa shape index (κ1) is 13.8. The SMILES string of the molecule is Cc1ccc(C)c(C(=O)CNc2ccc(C#N)cc2)c1. The van der Waals surface area contributed by atoms with Crippen molar-refractivity contribution in [1.82, 2.24) is 0 Å². The van der Waals surface area contributed by atoms with Gasteiger partial charge in [0, 0.05) is 11.3 Å². The van der Waals surface area contributed by atoms with E-state index in [1.807, 2.05) is 32.0 Å². The summed E-state index contributed by atoms with van der Waals surface area (Å²) < 4.78 is 0. The fourth-order valence-electron chi connectivity index (χ4n) is 1.98. The van der Waals surface area contributed by atoms with Gasteiger partial charge in [-0.25, -0.2) is 0 Å². The summed E-state index contributed by atoms with van der Waals surface area (Å²) in [5, 5.41) is 11.8. The Morgan fingerprint density at radius 1 is 1.15 bits per heavy atom. The van der Waals surface area contributed by atoms with Gasteiger partial charge in [-0.15, -0.1) is 0 Å². The van der Waals surface area contributed by atoms with E-state index < -0.39 is 0 Å². The molecule has 0 aromatic heterocycles. The molecule has 0 aliphatic heterocycles. The number of Topliss-reactive ketones (excluding diaryl/α,β-unsaturated/α-hetero) is 1. The Morgan fingerprint density at radius 3 is 2.50 bits per heavy atom. The minimum Gasteiger partial charge on any atom is -0.378 e. The number of hydrogen-bond acceptors (Lipinski definition) is 3. The summed E-state index contributed by atoms with van der Waals surface area (Å²) in [6.45, 7) is 4.16. The molecule has 20 heavy (non-hydrogen) atoms. The van der Waals surface area contributed by atoms with E-state index in [1.165, 1.54) is 0 Å². The second-order valence-corrected chi connectivity index (χ2v) is 4.78. The standard InChI is InChI=1S/C17H16N2O/c1-12-3-4-13(2)16(9-12)17(20)11-19-15-7-5-14(10-18)6-8-15/h3-9,19H,11H2,1-2H3. The van der Waals surface area contributed by atoms with Crippen molar-refractivity contribution in [3.8, 4) is 6.07 Å². The van der Waals surface area contributed by atoms with Crippen LogP contribution in [0.15, 0.2) is 42.5 Å². The summed E-state index contributed by atoms with van der Waals surface area (Å²) in [5.74, 6) is 0.0653. The van der Waals surface area contributed by atoms with Crippen LogP contribution in [-0.2, 0) is 0 Å². The van der Waals surface area contributed by atoms with Crippen molar-refractivity contribution in [2.45, 2.75) is 13.8 Å². The third-order valence-corrected chi connectivity index (χ3v) is 3.16. The molecule has 0 radical (unpaired) electrons. The van der Waals surface area contributed by atoms with Crippen molar-refractivity contribution >= 4 is 11.5 Å². The minimum atomic E-state index is 0.0653. The molecule has 0 aliphatic rings. The molecule has 3 nitrogen and oxygen atoms in total. The van der Waals surface area contributed by atoms with Gasteiger partial charge in [0.1, 0.15) is 0 Å². The highest BCUT2D eigenvalue weighted by atomic mass is 16.1. The van der Waals surface area contributed by atoms with E-state index in [4.69, 9.17) is 5.26 Å².